The van der Waals surface area contributed by atoms with E-state index in [1.807, 2.05) is 31.2 Å². The molecule has 1 aliphatic rings. The van der Waals surface area contributed by atoms with Crippen LogP contribution in [0.2, 0.25) is 0 Å². The lowest BCUT2D eigenvalue weighted by Crippen LogP contribution is -2.21. The second-order valence-corrected chi connectivity index (χ2v) is 6.26. The van der Waals surface area contributed by atoms with Gasteiger partial charge in [-0.1, -0.05) is 32.0 Å². The van der Waals surface area contributed by atoms with Gasteiger partial charge in [0.15, 0.2) is 5.78 Å². The highest BCUT2D eigenvalue weighted by Gasteiger charge is 2.29. The van der Waals surface area contributed by atoms with E-state index < -0.39 is 0 Å². The van der Waals surface area contributed by atoms with Crippen LogP contribution in [0.1, 0.15) is 38.0 Å². The van der Waals surface area contributed by atoms with Crippen LogP contribution in [0, 0.1) is 12.3 Å². The van der Waals surface area contributed by atoms with E-state index in [4.69, 9.17) is 4.42 Å². The Morgan fingerprint density at radius 2 is 2.00 bits per heavy atom. The molecular weight excluding hydrogens is 236 g/mol. The zero-order valence-corrected chi connectivity index (χ0v) is 11.6. The molecule has 0 unspecified atom stereocenters. The molecule has 19 heavy (non-hydrogen) atoms. The van der Waals surface area contributed by atoms with Gasteiger partial charge in [0.1, 0.15) is 11.3 Å². The van der Waals surface area contributed by atoms with Crippen molar-refractivity contribution in [3.8, 4) is 0 Å². The molecule has 2 nitrogen and oxygen atoms in total. The van der Waals surface area contributed by atoms with E-state index in [9.17, 15) is 4.79 Å². The normalized spacial score (nSPS) is 18.7. The predicted molar refractivity (Wildman–Crippen MR) is 77.0 cm³/mol. The van der Waals surface area contributed by atoms with Crippen molar-refractivity contribution in [3.63, 3.8) is 0 Å². The van der Waals surface area contributed by atoms with Crippen LogP contribution in [0.3, 0.4) is 0 Å². The van der Waals surface area contributed by atoms with Gasteiger partial charge in [0, 0.05) is 11.8 Å². The number of benzene rings is 1. The third kappa shape index (κ3) is 2.23. The second kappa shape index (κ2) is 4.09. The lowest BCUT2D eigenvalue weighted by atomic mass is 9.76. The van der Waals surface area contributed by atoms with Gasteiger partial charge in [0.2, 0.25) is 0 Å². The van der Waals surface area contributed by atoms with Gasteiger partial charge < -0.3 is 4.42 Å². The molecule has 2 aromatic rings. The standard InChI is InChI=1S/C17H18O2/c1-11-5-4-6-12-8-15(19-16(11)12)13-7-14(18)10-17(2,3)9-13/h4-8H,9-10H2,1-3H3. The molecule has 0 spiro atoms. The van der Waals surface area contributed by atoms with Gasteiger partial charge in [-0.15, -0.1) is 0 Å². The summed E-state index contributed by atoms with van der Waals surface area (Å²) in [5, 5.41) is 1.10. The first-order chi connectivity index (χ1) is 8.94. The van der Waals surface area contributed by atoms with Crippen molar-refractivity contribution in [2.45, 2.75) is 33.6 Å². The van der Waals surface area contributed by atoms with E-state index in [1.54, 1.807) is 6.08 Å². The summed E-state index contributed by atoms with van der Waals surface area (Å²) in [6, 6.07) is 8.16. The molecule has 0 fully saturated rings. The Hall–Kier alpha value is -1.83. The van der Waals surface area contributed by atoms with Crippen molar-refractivity contribution in [2.24, 2.45) is 5.41 Å². The summed E-state index contributed by atoms with van der Waals surface area (Å²) < 4.78 is 5.96. The number of furan rings is 1. The number of hydrogen-bond acceptors (Lipinski definition) is 2. The molecule has 0 saturated carbocycles. The molecule has 0 atom stereocenters. The van der Waals surface area contributed by atoms with E-state index in [2.05, 4.69) is 13.8 Å². The maximum atomic E-state index is 11.8. The first kappa shape index (κ1) is 12.2. The average Bonchev–Trinajstić information content (AvgIpc) is 2.71. The molecule has 1 heterocycles. The summed E-state index contributed by atoms with van der Waals surface area (Å²) in [6.45, 7) is 6.30. The molecule has 0 amide bonds. The van der Waals surface area contributed by atoms with Gasteiger partial charge in [-0.3, -0.25) is 4.79 Å². The number of carbonyl (C=O) groups excluding carboxylic acids is 1. The number of rotatable bonds is 1. The number of fused-ring (bicyclic) bond motifs is 1. The molecule has 3 rings (SSSR count). The highest BCUT2D eigenvalue weighted by atomic mass is 16.3. The molecule has 0 aliphatic heterocycles. The Bertz CT molecular complexity index is 686. The Balaban J connectivity index is 2.10. The van der Waals surface area contributed by atoms with Crippen molar-refractivity contribution in [2.75, 3.05) is 0 Å². The Labute approximate surface area is 113 Å². The van der Waals surface area contributed by atoms with Gasteiger partial charge >= 0.3 is 0 Å². The van der Waals surface area contributed by atoms with Crippen molar-refractivity contribution in [1.82, 2.24) is 0 Å². The summed E-state index contributed by atoms with van der Waals surface area (Å²) in [5.41, 5.74) is 3.10. The van der Waals surface area contributed by atoms with E-state index >= 15 is 0 Å². The number of aryl methyl sites for hydroxylation is 1. The average molecular weight is 254 g/mol. The third-order valence-corrected chi connectivity index (χ3v) is 3.71. The molecule has 1 aromatic heterocycles. The molecule has 0 radical (unpaired) electrons. The van der Waals surface area contributed by atoms with Crippen LogP contribution in [-0.2, 0) is 4.79 Å². The van der Waals surface area contributed by atoms with Gasteiger partial charge in [-0.2, -0.15) is 0 Å². The minimum absolute atomic E-state index is 0.0230. The number of ketones is 1. The Kier molecular flexibility index (Phi) is 2.63. The van der Waals surface area contributed by atoms with Crippen LogP contribution >= 0.6 is 0 Å². The minimum atomic E-state index is 0.0230. The first-order valence-electron chi connectivity index (χ1n) is 6.68. The molecule has 98 valence electrons. The van der Waals surface area contributed by atoms with Crippen LogP contribution in [0.25, 0.3) is 16.5 Å². The maximum Gasteiger partial charge on any atom is 0.156 e. The van der Waals surface area contributed by atoms with Crippen molar-refractivity contribution >= 4 is 22.3 Å². The Morgan fingerprint density at radius 1 is 1.21 bits per heavy atom. The van der Waals surface area contributed by atoms with Crippen molar-refractivity contribution in [3.05, 3.63) is 41.7 Å². The number of para-hydroxylation sites is 1. The zero-order chi connectivity index (χ0) is 13.6. The van der Waals surface area contributed by atoms with Crippen LogP contribution in [-0.4, -0.2) is 5.78 Å². The third-order valence-electron chi connectivity index (χ3n) is 3.71. The molecule has 0 bridgehead atoms. The fourth-order valence-electron chi connectivity index (χ4n) is 2.87. The molecule has 0 saturated heterocycles. The molecular formula is C17H18O2. The maximum absolute atomic E-state index is 11.8. The first-order valence-corrected chi connectivity index (χ1v) is 6.68. The smallest absolute Gasteiger partial charge is 0.156 e. The highest BCUT2D eigenvalue weighted by Crippen LogP contribution is 2.39. The molecule has 2 heteroatoms. The van der Waals surface area contributed by atoms with Crippen LogP contribution in [0.15, 0.2) is 34.8 Å². The quantitative estimate of drug-likeness (QED) is 0.749. The summed E-state index contributed by atoms with van der Waals surface area (Å²) in [4.78, 5) is 11.8. The monoisotopic (exact) mass is 254 g/mol. The summed E-state index contributed by atoms with van der Waals surface area (Å²) >= 11 is 0. The minimum Gasteiger partial charge on any atom is -0.456 e. The highest BCUT2D eigenvalue weighted by molar-refractivity contribution is 5.99. The van der Waals surface area contributed by atoms with Gasteiger partial charge in [0.25, 0.3) is 0 Å². The van der Waals surface area contributed by atoms with Crippen LogP contribution in [0.4, 0.5) is 0 Å². The fraction of sp³-hybridized carbons (Fsp3) is 0.353. The number of allylic oxidation sites excluding steroid dienone is 2. The van der Waals surface area contributed by atoms with Gasteiger partial charge in [-0.05, 0) is 42.0 Å². The van der Waals surface area contributed by atoms with E-state index in [0.29, 0.717) is 6.42 Å². The number of carbonyl (C=O) groups is 1. The SMILES string of the molecule is Cc1cccc2cc(C3=CC(=O)CC(C)(C)C3)oc12. The van der Waals surface area contributed by atoms with Crippen LogP contribution < -0.4 is 0 Å². The molecule has 1 aliphatic carbocycles. The van der Waals surface area contributed by atoms with Crippen LogP contribution in [0.5, 0.6) is 0 Å². The van der Waals surface area contributed by atoms with E-state index in [-0.39, 0.29) is 11.2 Å². The second-order valence-electron chi connectivity index (χ2n) is 6.26. The predicted octanol–water partition coefficient (Wildman–Crippen LogP) is 4.51. The van der Waals surface area contributed by atoms with Crippen molar-refractivity contribution < 1.29 is 9.21 Å². The zero-order valence-electron chi connectivity index (χ0n) is 11.6. The largest absolute Gasteiger partial charge is 0.456 e. The van der Waals surface area contributed by atoms with E-state index in [0.717, 1.165) is 34.3 Å². The van der Waals surface area contributed by atoms with E-state index in [1.165, 1.54) is 0 Å². The fourth-order valence-corrected chi connectivity index (χ4v) is 2.87. The lowest BCUT2D eigenvalue weighted by molar-refractivity contribution is -0.116. The summed E-state index contributed by atoms with van der Waals surface area (Å²) in [5.74, 6) is 1.04. The molecule has 0 N–H and O–H groups in total. The van der Waals surface area contributed by atoms with Crippen molar-refractivity contribution in [1.29, 1.82) is 0 Å². The van der Waals surface area contributed by atoms with Gasteiger partial charge in [0.05, 0.1) is 0 Å². The number of hydrogen-bond donors (Lipinski definition) is 0. The summed E-state index contributed by atoms with van der Waals surface area (Å²) in [6.07, 6.45) is 3.26. The summed E-state index contributed by atoms with van der Waals surface area (Å²) in [7, 11) is 0. The molecule has 1 aromatic carbocycles. The Morgan fingerprint density at radius 3 is 2.68 bits per heavy atom. The topological polar surface area (TPSA) is 30.2 Å². The van der Waals surface area contributed by atoms with Gasteiger partial charge in [-0.25, -0.2) is 0 Å². The lowest BCUT2D eigenvalue weighted by Gasteiger charge is -2.27.